The van der Waals surface area contributed by atoms with E-state index in [4.69, 9.17) is 4.74 Å². The Balaban J connectivity index is 2.69. The summed E-state index contributed by atoms with van der Waals surface area (Å²) in [7, 11) is 0. The lowest BCUT2D eigenvalue weighted by molar-refractivity contribution is -0.224. The molecule has 0 heterocycles. The summed E-state index contributed by atoms with van der Waals surface area (Å²) in [5.74, 6) is 0.333. The minimum absolute atomic E-state index is 0.122. The third-order valence-corrected chi connectivity index (χ3v) is 2.38. The van der Waals surface area contributed by atoms with Gasteiger partial charge in [-0.2, -0.15) is 13.2 Å². The maximum atomic E-state index is 12.8. The SMILES string of the molecule is CC(C)CCOC(c1ccccc1)C(F)(F)F. The molecule has 0 saturated heterocycles. The smallest absolute Gasteiger partial charge is 0.364 e. The maximum Gasteiger partial charge on any atom is 0.418 e. The molecule has 0 saturated carbocycles. The van der Waals surface area contributed by atoms with Crippen molar-refractivity contribution in [2.75, 3.05) is 6.61 Å². The van der Waals surface area contributed by atoms with Crippen LogP contribution in [0, 0.1) is 5.92 Å². The van der Waals surface area contributed by atoms with Crippen molar-refractivity contribution in [2.45, 2.75) is 32.5 Å². The molecule has 0 fully saturated rings. The van der Waals surface area contributed by atoms with Crippen LogP contribution >= 0.6 is 0 Å². The van der Waals surface area contributed by atoms with E-state index >= 15 is 0 Å². The fraction of sp³-hybridized carbons (Fsp3) is 0.538. The van der Waals surface area contributed by atoms with Crippen molar-refractivity contribution in [3.8, 4) is 0 Å². The molecule has 4 heteroatoms. The largest absolute Gasteiger partial charge is 0.418 e. The van der Waals surface area contributed by atoms with Crippen LogP contribution in [0.5, 0.6) is 0 Å². The van der Waals surface area contributed by atoms with E-state index in [1.165, 1.54) is 12.1 Å². The van der Waals surface area contributed by atoms with E-state index < -0.39 is 12.3 Å². The van der Waals surface area contributed by atoms with Gasteiger partial charge in [-0.25, -0.2) is 0 Å². The summed E-state index contributed by atoms with van der Waals surface area (Å²) in [6, 6.07) is 7.73. The molecular formula is C13H17F3O. The maximum absolute atomic E-state index is 12.8. The predicted octanol–water partition coefficient (Wildman–Crippen LogP) is 4.35. The molecule has 96 valence electrons. The highest BCUT2D eigenvalue weighted by Crippen LogP contribution is 2.35. The Morgan fingerprint density at radius 2 is 1.71 bits per heavy atom. The monoisotopic (exact) mass is 246 g/mol. The molecule has 0 radical (unpaired) electrons. The first-order chi connectivity index (χ1) is 7.91. The summed E-state index contributed by atoms with van der Waals surface area (Å²) < 4.78 is 43.4. The summed E-state index contributed by atoms with van der Waals surface area (Å²) in [6.07, 6.45) is -5.56. The summed E-state index contributed by atoms with van der Waals surface area (Å²) in [6.45, 7) is 4.03. The van der Waals surface area contributed by atoms with E-state index in [1.807, 2.05) is 13.8 Å². The van der Waals surface area contributed by atoms with Crippen LogP contribution in [0.15, 0.2) is 30.3 Å². The van der Waals surface area contributed by atoms with E-state index in [0.717, 1.165) is 0 Å². The summed E-state index contributed by atoms with van der Waals surface area (Å²) in [5, 5.41) is 0. The van der Waals surface area contributed by atoms with Gasteiger partial charge in [0, 0.05) is 6.61 Å². The Morgan fingerprint density at radius 3 is 2.18 bits per heavy atom. The van der Waals surface area contributed by atoms with Gasteiger partial charge in [0.2, 0.25) is 0 Å². The zero-order valence-corrected chi connectivity index (χ0v) is 10.00. The second kappa shape index (κ2) is 6.05. The predicted molar refractivity (Wildman–Crippen MR) is 60.6 cm³/mol. The van der Waals surface area contributed by atoms with Crippen LogP contribution in [0.3, 0.4) is 0 Å². The van der Waals surface area contributed by atoms with Crippen LogP contribution in [-0.2, 0) is 4.74 Å². The van der Waals surface area contributed by atoms with Crippen molar-refractivity contribution in [2.24, 2.45) is 5.92 Å². The lowest BCUT2D eigenvalue weighted by Crippen LogP contribution is -2.24. The number of hydrogen-bond donors (Lipinski definition) is 0. The summed E-state index contributed by atoms with van der Waals surface area (Å²) >= 11 is 0. The van der Waals surface area contributed by atoms with Crippen LogP contribution in [0.2, 0.25) is 0 Å². The summed E-state index contributed by atoms with van der Waals surface area (Å²) in [5.41, 5.74) is 0.156. The van der Waals surface area contributed by atoms with Crippen LogP contribution in [0.1, 0.15) is 31.9 Å². The zero-order chi connectivity index (χ0) is 12.9. The minimum atomic E-state index is -4.36. The zero-order valence-electron chi connectivity index (χ0n) is 10.00. The number of halogens is 3. The molecule has 0 amide bonds. The Labute approximate surface area is 99.6 Å². The van der Waals surface area contributed by atoms with Gasteiger partial charge in [-0.1, -0.05) is 44.2 Å². The quantitative estimate of drug-likeness (QED) is 0.750. The Kier molecular flexibility index (Phi) is 5.00. The number of ether oxygens (including phenoxy) is 1. The van der Waals surface area contributed by atoms with Crippen molar-refractivity contribution >= 4 is 0 Å². The number of hydrogen-bond acceptors (Lipinski definition) is 1. The van der Waals surface area contributed by atoms with Gasteiger partial charge in [0.05, 0.1) is 0 Å². The molecule has 0 bridgehead atoms. The molecule has 1 nitrogen and oxygen atoms in total. The fourth-order valence-corrected chi connectivity index (χ4v) is 1.43. The average Bonchev–Trinajstić information content (AvgIpc) is 2.23. The van der Waals surface area contributed by atoms with Crippen LogP contribution in [0.4, 0.5) is 13.2 Å². The van der Waals surface area contributed by atoms with Gasteiger partial charge < -0.3 is 4.74 Å². The molecule has 0 aliphatic rings. The molecule has 1 unspecified atom stereocenters. The first kappa shape index (κ1) is 14.0. The molecule has 0 aliphatic carbocycles. The molecule has 1 rings (SSSR count). The van der Waals surface area contributed by atoms with Gasteiger partial charge in [-0.3, -0.25) is 0 Å². The summed E-state index contributed by atoms with van der Waals surface area (Å²) in [4.78, 5) is 0. The molecule has 0 aliphatic heterocycles. The topological polar surface area (TPSA) is 9.23 Å². The standard InChI is InChI=1S/C13H17F3O/c1-10(2)8-9-17-12(13(14,15)16)11-6-4-3-5-7-11/h3-7,10,12H,8-9H2,1-2H3. The molecule has 0 aromatic heterocycles. The number of alkyl halides is 3. The van der Waals surface area contributed by atoms with Crippen LogP contribution in [0.25, 0.3) is 0 Å². The average molecular weight is 246 g/mol. The third-order valence-electron chi connectivity index (χ3n) is 2.38. The molecular weight excluding hydrogens is 229 g/mol. The Morgan fingerprint density at radius 1 is 1.12 bits per heavy atom. The van der Waals surface area contributed by atoms with Gasteiger partial charge in [0.1, 0.15) is 0 Å². The van der Waals surface area contributed by atoms with Gasteiger partial charge >= 0.3 is 6.18 Å². The van der Waals surface area contributed by atoms with Gasteiger partial charge in [0.15, 0.2) is 6.10 Å². The number of benzene rings is 1. The van der Waals surface area contributed by atoms with Crippen molar-refractivity contribution in [1.29, 1.82) is 0 Å². The van der Waals surface area contributed by atoms with Crippen molar-refractivity contribution in [3.63, 3.8) is 0 Å². The molecule has 1 aromatic carbocycles. The highest BCUT2D eigenvalue weighted by molar-refractivity contribution is 5.18. The van der Waals surface area contributed by atoms with Gasteiger partial charge in [0.25, 0.3) is 0 Å². The number of rotatable bonds is 5. The van der Waals surface area contributed by atoms with Crippen molar-refractivity contribution < 1.29 is 17.9 Å². The Hall–Kier alpha value is -1.03. The third kappa shape index (κ3) is 4.77. The first-order valence-corrected chi connectivity index (χ1v) is 5.64. The van der Waals surface area contributed by atoms with E-state index in [-0.39, 0.29) is 12.2 Å². The highest BCUT2D eigenvalue weighted by Gasteiger charge is 2.41. The molecule has 17 heavy (non-hydrogen) atoms. The van der Waals surface area contributed by atoms with Crippen molar-refractivity contribution in [3.05, 3.63) is 35.9 Å². The molecule has 1 aromatic rings. The molecule has 0 spiro atoms. The first-order valence-electron chi connectivity index (χ1n) is 5.64. The lowest BCUT2D eigenvalue weighted by Gasteiger charge is -2.21. The van der Waals surface area contributed by atoms with E-state index in [2.05, 4.69) is 0 Å². The molecule has 1 atom stereocenters. The fourth-order valence-electron chi connectivity index (χ4n) is 1.43. The second-order valence-electron chi connectivity index (χ2n) is 4.39. The highest BCUT2D eigenvalue weighted by atomic mass is 19.4. The van der Waals surface area contributed by atoms with E-state index in [9.17, 15) is 13.2 Å². The van der Waals surface area contributed by atoms with E-state index in [1.54, 1.807) is 18.2 Å². The van der Waals surface area contributed by atoms with Crippen molar-refractivity contribution in [1.82, 2.24) is 0 Å². The van der Waals surface area contributed by atoms with Crippen LogP contribution < -0.4 is 0 Å². The van der Waals surface area contributed by atoms with Gasteiger partial charge in [-0.15, -0.1) is 0 Å². The Bertz CT molecular complexity index is 319. The van der Waals surface area contributed by atoms with E-state index in [0.29, 0.717) is 12.3 Å². The normalized spacial score (nSPS) is 14.0. The minimum Gasteiger partial charge on any atom is -0.364 e. The van der Waals surface area contributed by atoms with Crippen LogP contribution in [-0.4, -0.2) is 12.8 Å². The lowest BCUT2D eigenvalue weighted by atomic mass is 10.1. The second-order valence-corrected chi connectivity index (χ2v) is 4.39. The molecule has 0 N–H and O–H groups in total. The van der Waals surface area contributed by atoms with Gasteiger partial charge in [-0.05, 0) is 17.9 Å².